The molecule has 21 heavy (non-hydrogen) atoms. The van der Waals surface area contributed by atoms with Crippen LogP contribution < -0.4 is 5.32 Å². The number of aromatic nitrogens is 3. The van der Waals surface area contributed by atoms with E-state index in [1.165, 1.54) is 6.26 Å². The molecule has 0 amide bonds. The molecule has 1 N–H and O–H groups in total. The molecule has 0 aliphatic heterocycles. The third-order valence-corrected chi connectivity index (χ3v) is 5.55. The third kappa shape index (κ3) is 4.78. The van der Waals surface area contributed by atoms with Crippen molar-refractivity contribution in [1.29, 1.82) is 0 Å². The van der Waals surface area contributed by atoms with Crippen LogP contribution in [0.3, 0.4) is 0 Å². The Hall–Kier alpha value is -0.950. The van der Waals surface area contributed by atoms with Gasteiger partial charge in [0.2, 0.25) is 0 Å². The maximum absolute atomic E-state index is 11.7. The van der Waals surface area contributed by atoms with E-state index in [0.717, 1.165) is 25.1 Å². The highest BCUT2D eigenvalue weighted by atomic mass is 32.2. The zero-order chi connectivity index (χ0) is 15.7. The molecule has 1 aliphatic carbocycles. The largest absolute Gasteiger partial charge is 0.305 e. The van der Waals surface area contributed by atoms with E-state index in [2.05, 4.69) is 36.2 Å². The molecular formula is C14H26N4O2S. The smallest absolute Gasteiger partial charge is 0.164 e. The topological polar surface area (TPSA) is 76.9 Å². The average molecular weight is 314 g/mol. The second kappa shape index (κ2) is 6.04. The van der Waals surface area contributed by atoms with Crippen LogP contribution in [0, 0.1) is 0 Å². The van der Waals surface area contributed by atoms with Gasteiger partial charge in [0.15, 0.2) is 5.82 Å². The van der Waals surface area contributed by atoms with E-state index in [4.69, 9.17) is 0 Å². The Morgan fingerprint density at radius 2 is 2.10 bits per heavy atom. The number of rotatable bonds is 4. The average Bonchev–Trinajstić information content (AvgIpc) is 2.83. The van der Waals surface area contributed by atoms with E-state index in [-0.39, 0.29) is 16.8 Å². The third-order valence-electron chi connectivity index (χ3n) is 3.91. The van der Waals surface area contributed by atoms with Crippen molar-refractivity contribution in [2.75, 3.05) is 6.26 Å². The molecule has 1 aromatic heterocycles. The quantitative estimate of drug-likeness (QED) is 0.915. The maximum Gasteiger partial charge on any atom is 0.164 e. The molecule has 2 atom stereocenters. The van der Waals surface area contributed by atoms with Crippen molar-refractivity contribution in [3.8, 4) is 0 Å². The Bertz CT molecular complexity index is 574. The highest BCUT2D eigenvalue weighted by molar-refractivity contribution is 7.91. The lowest BCUT2D eigenvalue weighted by molar-refractivity contribution is 0.326. The lowest BCUT2D eigenvalue weighted by Crippen LogP contribution is -2.35. The van der Waals surface area contributed by atoms with Gasteiger partial charge in [-0.05, 0) is 40.0 Å². The lowest BCUT2D eigenvalue weighted by atomic mass is 9.95. The Kier molecular flexibility index (Phi) is 4.72. The summed E-state index contributed by atoms with van der Waals surface area (Å²) in [6.07, 6.45) is 6.38. The van der Waals surface area contributed by atoms with Crippen LogP contribution in [0.2, 0.25) is 0 Å². The van der Waals surface area contributed by atoms with Gasteiger partial charge in [0.25, 0.3) is 0 Å². The minimum atomic E-state index is -2.96. The molecule has 1 aliphatic rings. The van der Waals surface area contributed by atoms with Crippen LogP contribution in [0.25, 0.3) is 0 Å². The predicted molar refractivity (Wildman–Crippen MR) is 82.8 cm³/mol. The van der Waals surface area contributed by atoms with Gasteiger partial charge < -0.3 is 5.32 Å². The highest BCUT2D eigenvalue weighted by Crippen LogP contribution is 2.31. The molecule has 7 heteroatoms. The minimum absolute atomic E-state index is 0.0255. The first kappa shape index (κ1) is 16.4. The van der Waals surface area contributed by atoms with Crippen LogP contribution in [0.15, 0.2) is 6.33 Å². The van der Waals surface area contributed by atoms with Crippen LogP contribution in [0.4, 0.5) is 0 Å². The summed E-state index contributed by atoms with van der Waals surface area (Å²) in [4.78, 5) is 4.32. The van der Waals surface area contributed by atoms with Crippen LogP contribution in [0.1, 0.15) is 58.3 Å². The van der Waals surface area contributed by atoms with Crippen LogP contribution in [0.5, 0.6) is 0 Å². The van der Waals surface area contributed by atoms with E-state index in [1.54, 1.807) is 6.33 Å². The normalized spacial score (nSPS) is 24.2. The number of nitrogens with one attached hydrogen (secondary N) is 1. The number of sulfone groups is 1. The summed E-state index contributed by atoms with van der Waals surface area (Å²) >= 11 is 0. The van der Waals surface area contributed by atoms with Gasteiger partial charge in [-0.2, -0.15) is 5.10 Å². The molecule has 1 saturated carbocycles. The van der Waals surface area contributed by atoms with E-state index in [9.17, 15) is 8.42 Å². The maximum atomic E-state index is 11.7. The summed E-state index contributed by atoms with van der Waals surface area (Å²) in [7, 11) is -2.96. The summed E-state index contributed by atoms with van der Waals surface area (Å²) in [5, 5.41) is 7.62. The van der Waals surface area contributed by atoms with Gasteiger partial charge in [-0.15, -0.1) is 0 Å². The Balaban J connectivity index is 2.00. The SMILES string of the molecule is CC(C)(C)NCc1ncn(C2CCCC(S(C)(=O)=O)C2)n1. The molecule has 2 rings (SSSR count). The minimum Gasteiger partial charge on any atom is -0.305 e. The first-order valence-corrected chi connectivity index (χ1v) is 9.44. The molecule has 2 unspecified atom stereocenters. The number of hydrogen-bond donors (Lipinski definition) is 1. The van der Waals surface area contributed by atoms with E-state index in [1.807, 2.05) is 4.68 Å². The fourth-order valence-electron chi connectivity index (χ4n) is 2.66. The van der Waals surface area contributed by atoms with Gasteiger partial charge in [-0.3, -0.25) is 0 Å². The second-order valence-electron chi connectivity index (χ2n) is 7.02. The first-order valence-electron chi connectivity index (χ1n) is 7.49. The van der Waals surface area contributed by atoms with Gasteiger partial charge in [0.05, 0.1) is 17.8 Å². The fraction of sp³-hybridized carbons (Fsp3) is 0.857. The summed E-state index contributed by atoms with van der Waals surface area (Å²) in [5.41, 5.74) is 0.0255. The van der Waals surface area contributed by atoms with Gasteiger partial charge in [0.1, 0.15) is 16.2 Å². The van der Waals surface area contributed by atoms with Crippen LogP contribution in [-0.4, -0.2) is 40.2 Å². The Morgan fingerprint density at radius 3 is 2.71 bits per heavy atom. The summed E-state index contributed by atoms with van der Waals surface area (Å²) in [6, 6.07) is 0.148. The summed E-state index contributed by atoms with van der Waals surface area (Å²) < 4.78 is 25.3. The summed E-state index contributed by atoms with van der Waals surface area (Å²) in [5.74, 6) is 0.756. The number of nitrogens with zero attached hydrogens (tertiary/aromatic N) is 3. The molecular weight excluding hydrogens is 288 g/mol. The van der Waals surface area contributed by atoms with Crippen molar-refractivity contribution in [3.05, 3.63) is 12.2 Å². The van der Waals surface area contributed by atoms with Crippen LogP contribution >= 0.6 is 0 Å². The van der Waals surface area contributed by atoms with Crippen molar-refractivity contribution < 1.29 is 8.42 Å². The number of hydrogen-bond acceptors (Lipinski definition) is 5. The van der Waals surface area contributed by atoms with Gasteiger partial charge in [-0.25, -0.2) is 18.1 Å². The lowest BCUT2D eigenvalue weighted by Gasteiger charge is -2.27. The molecule has 1 heterocycles. The zero-order valence-corrected chi connectivity index (χ0v) is 14.2. The Morgan fingerprint density at radius 1 is 1.38 bits per heavy atom. The fourth-order valence-corrected chi connectivity index (χ4v) is 3.83. The molecule has 0 aromatic carbocycles. The van der Waals surface area contributed by atoms with Crippen molar-refractivity contribution in [1.82, 2.24) is 20.1 Å². The van der Waals surface area contributed by atoms with Crippen molar-refractivity contribution >= 4 is 9.84 Å². The van der Waals surface area contributed by atoms with Gasteiger partial charge in [-0.1, -0.05) is 6.42 Å². The molecule has 6 nitrogen and oxygen atoms in total. The molecule has 1 fully saturated rings. The van der Waals surface area contributed by atoms with Gasteiger partial charge in [0, 0.05) is 11.8 Å². The van der Waals surface area contributed by atoms with E-state index < -0.39 is 9.84 Å². The van der Waals surface area contributed by atoms with E-state index in [0.29, 0.717) is 13.0 Å². The highest BCUT2D eigenvalue weighted by Gasteiger charge is 2.30. The van der Waals surface area contributed by atoms with E-state index >= 15 is 0 Å². The second-order valence-corrected chi connectivity index (χ2v) is 9.34. The summed E-state index contributed by atoms with van der Waals surface area (Å²) in [6.45, 7) is 6.92. The standard InChI is InChI=1S/C14H26N4O2S/c1-14(2,3)16-9-13-15-10-18(17-13)11-6-5-7-12(8-11)21(4,19)20/h10-12,16H,5-9H2,1-4H3. The van der Waals surface area contributed by atoms with Crippen molar-refractivity contribution in [2.24, 2.45) is 0 Å². The first-order chi connectivity index (χ1) is 9.65. The monoisotopic (exact) mass is 314 g/mol. The predicted octanol–water partition coefficient (Wildman–Crippen LogP) is 1.69. The van der Waals surface area contributed by atoms with Gasteiger partial charge >= 0.3 is 0 Å². The van der Waals surface area contributed by atoms with Crippen molar-refractivity contribution in [2.45, 2.75) is 69.8 Å². The molecule has 120 valence electrons. The molecule has 0 radical (unpaired) electrons. The zero-order valence-electron chi connectivity index (χ0n) is 13.3. The van der Waals surface area contributed by atoms with Crippen molar-refractivity contribution in [3.63, 3.8) is 0 Å². The molecule has 1 aromatic rings. The molecule has 0 spiro atoms. The van der Waals surface area contributed by atoms with Crippen LogP contribution in [-0.2, 0) is 16.4 Å². The molecule has 0 saturated heterocycles. The molecule has 0 bridgehead atoms. The Labute approximate surface area is 127 Å².